The van der Waals surface area contributed by atoms with E-state index in [2.05, 4.69) is 9.97 Å². The molecule has 12 nitrogen and oxygen atoms in total. The van der Waals surface area contributed by atoms with Crippen molar-refractivity contribution in [3.8, 4) is 0 Å². The summed E-state index contributed by atoms with van der Waals surface area (Å²) in [5, 5.41) is 18.7. The molecule has 26 heavy (non-hydrogen) atoms. The maximum atomic E-state index is 11.7. The first-order valence-electron chi connectivity index (χ1n) is 6.99. The van der Waals surface area contributed by atoms with Crippen molar-refractivity contribution < 1.29 is 19.8 Å². The first kappa shape index (κ1) is 18.4. The molecule has 0 atom stereocenters. The van der Waals surface area contributed by atoms with Crippen LogP contribution in [0.2, 0.25) is 0 Å². The van der Waals surface area contributed by atoms with Crippen molar-refractivity contribution in [3.05, 3.63) is 76.3 Å². The molecule has 2 heterocycles. The van der Waals surface area contributed by atoms with Crippen LogP contribution in [0.25, 0.3) is 0 Å². The van der Waals surface area contributed by atoms with Crippen molar-refractivity contribution in [2.75, 3.05) is 0 Å². The minimum Gasteiger partial charge on any atom is -0.478 e. The molecule has 2 rings (SSSR count). The molecule has 0 aliphatic heterocycles. The van der Waals surface area contributed by atoms with Crippen LogP contribution in [0.4, 0.5) is 0 Å². The molecule has 0 unspecified atom stereocenters. The summed E-state index contributed by atoms with van der Waals surface area (Å²) in [7, 11) is 0. The van der Waals surface area contributed by atoms with Gasteiger partial charge in [0.15, 0.2) is 0 Å². The average molecular weight is 364 g/mol. The molecule has 2 aromatic heterocycles. The average Bonchev–Trinajstić information content (AvgIpc) is 2.53. The van der Waals surface area contributed by atoms with Gasteiger partial charge in [-0.15, -0.1) is 0 Å². The predicted octanol–water partition coefficient (Wildman–Crippen LogP) is -2.31. The van der Waals surface area contributed by atoms with Crippen LogP contribution in [0.5, 0.6) is 0 Å². The number of carboxylic acids is 2. The number of aromatic amines is 4. The van der Waals surface area contributed by atoms with E-state index < -0.39 is 58.4 Å². The second-order valence-corrected chi connectivity index (χ2v) is 5.12. The maximum Gasteiger partial charge on any atom is 0.332 e. The van der Waals surface area contributed by atoms with Gasteiger partial charge in [0.1, 0.15) is 0 Å². The van der Waals surface area contributed by atoms with Gasteiger partial charge in [-0.25, -0.2) is 19.2 Å². The normalized spacial score (nSPS) is 11.7. The summed E-state index contributed by atoms with van der Waals surface area (Å²) in [4.78, 5) is 76.5. The highest BCUT2D eigenvalue weighted by molar-refractivity contribution is 5.99. The van der Waals surface area contributed by atoms with Crippen molar-refractivity contribution in [2.45, 2.75) is 12.8 Å². The summed E-state index contributed by atoms with van der Waals surface area (Å²) in [6.45, 7) is 0. The second-order valence-electron chi connectivity index (χ2n) is 5.12. The third-order valence-electron chi connectivity index (χ3n) is 3.41. The third kappa shape index (κ3) is 4.11. The second kappa shape index (κ2) is 7.29. The molecule has 12 heteroatoms. The van der Waals surface area contributed by atoms with Crippen LogP contribution in [0.3, 0.4) is 0 Å². The molecule has 2 aromatic rings. The zero-order chi connectivity index (χ0) is 19.4. The van der Waals surface area contributed by atoms with Crippen LogP contribution in [-0.4, -0.2) is 42.1 Å². The van der Waals surface area contributed by atoms with Crippen molar-refractivity contribution >= 4 is 11.9 Å². The van der Waals surface area contributed by atoms with E-state index in [1.165, 1.54) is 0 Å². The van der Waals surface area contributed by atoms with Crippen LogP contribution >= 0.6 is 0 Å². The Labute approximate surface area is 141 Å². The van der Waals surface area contributed by atoms with Gasteiger partial charge in [-0.3, -0.25) is 19.6 Å². The predicted molar refractivity (Wildman–Crippen MR) is 85.1 cm³/mol. The van der Waals surface area contributed by atoms with E-state index in [9.17, 15) is 39.0 Å². The number of carbonyl (C=O) groups is 2. The summed E-state index contributed by atoms with van der Waals surface area (Å²) in [6, 6.07) is 0. The Morgan fingerprint density at radius 3 is 1.35 bits per heavy atom. The fraction of sp³-hybridized carbons (Fsp3) is 0.143. The number of nitrogens with one attached hydrogen (secondary N) is 4. The van der Waals surface area contributed by atoms with Gasteiger partial charge < -0.3 is 20.2 Å². The zero-order valence-electron chi connectivity index (χ0n) is 12.9. The molecule has 0 aliphatic rings. The molecule has 0 aromatic carbocycles. The number of hydrogen-bond acceptors (Lipinski definition) is 6. The molecule has 0 saturated carbocycles. The Hall–Kier alpha value is -3.96. The van der Waals surface area contributed by atoms with E-state index in [1.54, 1.807) is 0 Å². The maximum absolute atomic E-state index is 11.7. The zero-order valence-corrected chi connectivity index (χ0v) is 12.9. The lowest BCUT2D eigenvalue weighted by molar-refractivity contribution is -0.136. The highest BCUT2D eigenvalue weighted by atomic mass is 16.4. The standard InChI is InChI=1S/C14H12N4O8/c19-9-5(3-15-13(25)17-9)1-7(11(21)22)8(12(23)24)2-6-4-16-14(26)18-10(6)20/h3-4H,1-2H2,(H,21,22)(H,23,24)(H2,15,17,19,25)(H2,16,18,20,26)/b8-7+. The Morgan fingerprint density at radius 1 is 0.731 bits per heavy atom. The number of aromatic nitrogens is 4. The number of rotatable bonds is 6. The van der Waals surface area contributed by atoms with Gasteiger partial charge in [-0.05, 0) is 0 Å². The molecule has 0 fully saturated rings. The Balaban J connectivity index is 2.56. The molecule has 0 bridgehead atoms. The van der Waals surface area contributed by atoms with Gasteiger partial charge in [-0.1, -0.05) is 0 Å². The van der Waals surface area contributed by atoms with Crippen LogP contribution in [0.15, 0.2) is 42.7 Å². The summed E-state index contributed by atoms with van der Waals surface area (Å²) >= 11 is 0. The van der Waals surface area contributed by atoms with E-state index in [1.807, 2.05) is 9.97 Å². The minimum atomic E-state index is -1.62. The van der Waals surface area contributed by atoms with E-state index >= 15 is 0 Å². The monoisotopic (exact) mass is 364 g/mol. The van der Waals surface area contributed by atoms with Gasteiger partial charge in [0, 0.05) is 36.4 Å². The van der Waals surface area contributed by atoms with E-state index in [4.69, 9.17) is 0 Å². The molecular weight excluding hydrogens is 352 g/mol. The molecule has 0 aliphatic carbocycles. The van der Waals surface area contributed by atoms with Crippen molar-refractivity contribution in [1.29, 1.82) is 0 Å². The highest BCUT2D eigenvalue weighted by Gasteiger charge is 2.23. The third-order valence-corrected chi connectivity index (χ3v) is 3.41. The molecular formula is C14H12N4O8. The number of carboxylic acid groups (broad SMARTS) is 2. The summed E-state index contributed by atoms with van der Waals surface area (Å²) in [5.74, 6) is -3.23. The van der Waals surface area contributed by atoms with Gasteiger partial charge in [0.25, 0.3) is 11.1 Å². The van der Waals surface area contributed by atoms with Crippen LogP contribution < -0.4 is 22.5 Å². The Morgan fingerprint density at radius 2 is 1.08 bits per heavy atom. The molecule has 0 saturated heterocycles. The Bertz CT molecular complexity index is 1040. The minimum absolute atomic E-state index is 0.184. The Kier molecular flexibility index (Phi) is 5.15. The van der Waals surface area contributed by atoms with Gasteiger partial charge in [0.2, 0.25) is 0 Å². The quantitative estimate of drug-likeness (QED) is 0.306. The van der Waals surface area contributed by atoms with Crippen LogP contribution in [-0.2, 0) is 22.4 Å². The molecule has 0 spiro atoms. The summed E-state index contributed by atoms with van der Waals surface area (Å²) < 4.78 is 0. The van der Waals surface area contributed by atoms with E-state index in [0.717, 1.165) is 12.4 Å². The van der Waals surface area contributed by atoms with Gasteiger partial charge in [-0.2, -0.15) is 0 Å². The summed E-state index contributed by atoms with van der Waals surface area (Å²) in [5.41, 5.74) is -5.04. The SMILES string of the molecule is O=C(O)/C(Cc1c[nH]c(=O)[nH]c1=O)=C(\Cc1c[nH]c(=O)[nH]c1=O)C(=O)O. The van der Waals surface area contributed by atoms with Crippen LogP contribution in [0.1, 0.15) is 11.1 Å². The van der Waals surface area contributed by atoms with Crippen LogP contribution in [0, 0.1) is 0 Å². The molecule has 0 amide bonds. The number of hydrogen-bond donors (Lipinski definition) is 6. The topological polar surface area (TPSA) is 206 Å². The highest BCUT2D eigenvalue weighted by Crippen LogP contribution is 2.14. The molecule has 0 radical (unpaired) electrons. The molecule has 136 valence electrons. The van der Waals surface area contributed by atoms with Crippen molar-refractivity contribution in [1.82, 2.24) is 19.9 Å². The number of H-pyrrole nitrogens is 4. The lowest BCUT2D eigenvalue weighted by Crippen LogP contribution is -2.28. The van der Waals surface area contributed by atoms with E-state index in [-0.39, 0.29) is 11.1 Å². The number of aliphatic carboxylic acids is 2. The smallest absolute Gasteiger partial charge is 0.332 e. The van der Waals surface area contributed by atoms with Crippen molar-refractivity contribution in [3.63, 3.8) is 0 Å². The summed E-state index contributed by atoms with van der Waals surface area (Å²) in [6.07, 6.45) is 0.724. The lowest BCUT2D eigenvalue weighted by atomic mass is 9.97. The fourth-order valence-electron chi connectivity index (χ4n) is 2.14. The molecule has 6 N–H and O–H groups in total. The van der Waals surface area contributed by atoms with Gasteiger partial charge >= 0.3 is 23.3 Å². The van der Waals surface area contributed by atoms with E-state index in [0.29, 0.717) is 0 Å². The largest absolute Gasteiger partial charge is 0.478 e. The fourth-order valence-corrected chi connectivity index (χ4v) is 2.14. The van der Waals surface area contributed by atoms with Crippen molar-refractivity contribution in [2.24, 2.45) is 0 Å². The lowest BCUT2D eigenvalue weighted by Gasteiger charge is -2.08. The van der Waals surface area contributed by atoms with Gasteiger partial charge in [0.05, 0.1) is 11.1 Å². The first-order chi connectivity index (χ1) is 12.2. The first-order valence-corrected chi connectivity index (χ1v) is 6.99.